The Morgan fingerprint density at radius 2 is 2.25 bits per heavy atom. The van der Waals surface area contributed by atoms with E-state index in [1.807, 2.05) is 6.07 Å². The van der Waals surface area contributed by atoms with Crippen LogP contribution in [0.15, 0.2) is 18.2 Å². The third kappa shape index (κ3) is 1.61. The van der Waals surface area contributed by atoms with Crippen molar-refractivity contribution in [2.75, 3.05) is 5.32 Å². The Labute approximate surface area is 95.2 Å². The Bertz CT molecular complexity index is 438. The lowest BCUT2D eigenvalue weighted by molar-refractivity contribution is -0.117. The molecule has 1 atom stereocenters. The van der Waals surface area contributed by atoms with Gasteiger partial charge in [-0.05, 0) is 30.9 Å². The van der Waals surface area contributed by atoms with Gasteiger partial charge in [-0.3, -0.25) is 10.1 Å². The highest BCUT2D eigenvalue weighted by Crippen LogP contribution is 2.34. The second-order valence-electron chi connectivity index (χ2n) is 4.64. The standard InChI is InChI=1S/C13H16N2O/c1-2-8-3-6-11-10(7-8)12(13(16)15-11)14-9-4-5-9/h3,6-7,9,12,14H,2,4-5H2,1H3,(H,15,16). The molecule has 1 saturated carbocycles. The first kappa shape index (κ1) is 9.85. The van der Waals surface area contributed by atoms with Crippen molar-refractivity contribution in [3.8, 4) is 0 Å². The Kier molecular flexibility index (Phi) is 2.21. The summed E-state index contributed by atoms with van der Waals surface area (Å²) in [4.78, 5) is 11.8. The van der Waals surface area contributed by atoms with Gasteiger partial charge in [0.2, 0.25) is 5.91 Å². The van der Waals surface area contributed by atoms with E-state index in [1.165, 1.54) is 18.4 Å². The molecule has 16 heavy (non-hydrogen) atoms. The van der Waals surface area contributed by atoms with Gasteiger partial charge in [-0.2, -0.15) is 0 Å². The number of aryl methyl sites for hydroxylation is 1. The lowest BCUT2D eigenvalue weighted by Gasteiger charge is -2.10. The summed E-state index contributed by atoms with van der Waals surface area (Å²) < 4.78 is 0. The van der Waals surface area contributed by atoms with Crippen LogP contribution in [0.2, 0.25) is 0 Å². The minimum atomic E-state index is -0.131. The summed E-state index contributed by atoms with van der Waals surface area (Å²) in [5.41, 5.74) is 3.38. The number of anilines is 1. The number of nitrogens with one attached hydrogen (secondary N) is 2. The Hall–Kier alpha value is -1.35. The Morgan fingerprint density at radius 1 is 1.44 bits per heavy atom. The molecule has 2 N–H and O–H groups in total. The smallest absolute Gasteiger partial charge is 0.246 e. The summed E-state index contributed by atoms with van der Waals surface area (Å²) in [7, 11) is 0. The molecule has 0 bridgehead atoms. The van der Waals surface area contributed by atoms with Crippen molar-refractivity contribution in [3.05, 3.63) is 29.3 Å². The van der Waals surface area contributed by atoms with Gasteiger partial charge < -0.3 is 5.32 Å². The molecule has 1 unspecified atom stereocenters. The van der Waals surface area contributed by atoms with Gasteiger partial charge in [0, 0.05) is 17.3 Å². The third-order valence-corrected chi connectivity index (χ3v) is 3.34. The highest BCUT2D eigenvalue weighted by molar-refractivity contribution is 6.02. The number of carbonyl (C=O) groups excluding carboxylic acids is 1. The monoisotopic (exact) mass is 216 g/mol. The number of hydrogen-bond acceptors (Lipinski definition) is 2. The van der Waals surface area contributed by atoms with Crippen LogP contribution in [0.4, 0.5) is 5.69 Å². The molecule has 1 fully saturated rings. The maximum atomic E-state index is 11.8. The van der Waals surface area contributed by atoms with E-state index in [0.717, 1.165) is 17.7 Å². The van der Waals surface area contributed by atoms with E-state index in [-0.39, 0.29) is 11.9 Å². The van der Waals surface area contributed by atoms with Gasteiger partial charge in [0.15, 0.2) is 0 Å². The molecule has 0 aromatic heterocycles. The van der Waals surface area contributed by atoms with Crippen molar-refractivity contribution >= 4 is 11.6 Å². The summed E-state index contributed by atoms with van der Waals surface area (Å²) >= 11 is 0. The van der Waals surface area contributed by atoms with E-state index < -0.39 is 0 Å². The number of carbonyl (C=O) groups is 1. The highest BCUT2D eigenvalue weighted by atomic mass is 16.2. The predicted octanol–water partition coefficient (Wildman–Crippen LogP) is 1.99. The highest BCUT2D eigenvalue weighted by Gasteiger charge is 2.34. The SMILES string of the molecule is CCc1ccc2c(c1)C(NC1CC1)C(=O)N2. The molecule has 1 aliphatic carbocycles. The van der Waals surface area contributed by atoms with E-state index in [2.05, 4.69) is 29.7 Å². The zero-order valence-electron chi connectivity index (χ0n) is 9.42. The summed E-state index contributed by atoms with van der Waals surface area (Å²) in [6.07, 6.45) is 3.41. The summed E-state index contributed by atoms with van der Waals surface area (Å²) in [6.45, 7) is 2.13. The van der Waals surface area contributed by atoms with Gasteiger partial charge in [0.05, 0.1) is 0 Å². The Balaban J connectivity index is 1.93. The van der Waals surface area contributed by atoms with E-state index in [1.54, 1.807) is 0 Å². The van der Waals surface area contributed by atoms with Gasteiger partial charge in [-0.1, -0.05) is 19.1 Å². The fraction of sp³-hybridized carbons (Fsp3) is 0.462. The van der Waals surface area contributed by atoms with Gasteiger partial charge in [0.1, 0.15) is 6.04 Å². The molecule has 1 aromatic carbocycles. The molecule has 1 aliphatic heterocycles. The largest absolute Gasteiger partial charge is 0.324 e. The molecule has 0 radical (unpaired) electrons. The molecular formula is C13H16N2O. The molecular weight excluding hydrogens is 200 g/mol. The zero-order valence-corrected chi connectivity index (χ0v) is 9.42. The van der Waals surface area contributed by atoms with Crippen LogP contribution in [0.25, 0.3) is 0 Å². The molecule has 0 saturated heterocycles. The average Bonchev–Trinajstić information content (AvgIpc) is 3.05. The minimum absolute atomic E-state index is 0.0927. The predicted molar refractivity (Wildman–Crippen MR) is 63.3 cm³/mol. The normalized spacial score (nSPS) is 23.1. The number of fused-ring (bicyclic) bond motifs is 1. The topological polar surface area (TPSA) is 41.1 Å². The number of benzene rings is 1. The van der Waals surface area contributed by atoms with Crippen LogP contribution in [0.1, 0.15) is 36.9 Å². The van der Waals surface area contributed by atoms with Crippen LogP contribution < -0.4 is 10.6 Å². The van der Waals surface area contributed by atoms with E-state index in [0.29, 0.717) is 6.04 Å². The minimum Gasteiger partial charge on any atom is -0.324 e. The molecule has 0 spiro atoms. The van der Waals surface area contributed by atoms with Crippen molar-refractivity contribution in [1.82, 2.24) is 5.32 Å². The molecule has 1 amide bonds. The van der Waals surface area contributed by atoms with Crippen LogP contribution in [0, 0.1) is 0 Å². The van der Waals surface area contributed by atoms with Crippen LogP contribution >= 0.6 is 0 Å². The molecule has 1 heterocycles. The van der Waals surface area contributed by atoms with Crippen LogP contribution in [-0.2, 0) is 11.2 Å². The first-order valence-electron chi connectivity index (χ1n) is 5.97. The lowest BCUT2D eigenvalue weighted by atomic mass is 10.0. The van der Waals surface area contributed by atoms with Crippen molar-refractivity contribution in [2.24, 2.45) is 0 Å². The van der Waals surface area contributed by atoms with Gasteiger partial charge in [0.25, 0.3) is 0 Å². The lowest BCUT2D eigenvalue weighted by Crippen LogP contribution is -2.29. The second-order valence-corrected chi connectivity index (χ2v) is 4.64. The van der Waals surface area contributed by atoms with Gasteiger partial charge >= 0.3 is 0 Å². The molecule has 3 rings (SSSR count). The number of amides is 1. The zero-order chi connectivity index (χ0) is 11.1. The Morgan fingerprint density at radius 3 is 2.94 bits per heavy atom. The molecule has 3 nitrogen and oxygen atoms in total. The van der Waals surface area contributed by atoms with Gasteiger partial charge in [-0.15, -0.1) is 0 Å². The molecule has 3 heteroatoms. The summed E-state index contributed by atoms with van der Waals surface area (Å²) in [5, 5.41) is 6.33. The van der Waals surface area contributed by atoms with Crippen molar-refractivity contribution in [3.63, 3.8) is 0 Å². The molecule has 84 valence electrons. The van der Waals surface area contributed by atoms with E-state index in [4.69, 9.17) is 0 Å². The molecule has 2 aliphatic rings. The van der Waals surface area contributed by atoms with Crippen LogP contribution in [0.5, 0.6) is 0 Å². The maximum absolute atomic E-state index is 11.8. The quantitative estimate of drug-likeness (QED) is 0.811. The third-order valence-electron chi connectivity index (χ3n) is 3.34. The van der Waals surface area contributed by atoms with Crippen molar-refractivity contribution in [1.29, 1.82) is 0 Å². The fourth-order valence-electron chi connectivity index (χ4n) is 2.18. The molecule has 1 aromatic rings. The average molecular weight is 216 g/mol. The fourth-order valence-corrected chi connectivity index (χ4v) is 2.18. The van der Waals surface area contributed by atoms with Crippen LogP contribution in [-0.4, -0.2) is 11.9 Å². The van der Waals surface area contributed by atoms with E-state index in [9.17, 15) is 4.79 Å². The van der Waals surface area contributed by atoms with Crippen LogP contribution in [0.3, 0.4) is 0 Å². The number of hydrogen-bond donors (Lipinski definition) is 2. The summed E-state index contributed by atoms with van der Waals surface area (Å²) in [5.74, 6) is 0.0927. The van der Waals surface area contributed by atoms with Gasteiger partial charge in [-0.25, -0.2) is 0 Å². The van der Waals surface area contributed by atoms with Crippen molar-refractivity contribution < 1.29 is 4.79 Å². The second kappa shape index (κ2) is 3.59. The first-order chi connectivity index (χ1) is 7.78. The summed E-state index contributed by atoms with van der Waals surface area (Å²) in [6, 6.07) is 6.66. The number of rotatable bonds is 3. The van der Waals surface area contributed by atoms with Crippen molar-refractivity contribution in [2.45, 2.75) is 38.3 Å². The first-order valence-corrected chi connectivity index (χ1v) is 5.97. The van der Waals surface area contributed by atoms with E-state index >= 15 is 0 Å². The maximum Gasteiger partial charge on any atom is 0.246 e.